The molecule has 1 atom stereocenters. The van der Waals surface area contributed by atoms with Crippen molar-refractivity contribution in [2.45, 2.75) is 58.0 Å². The van der Waals surface area contributed by atoms with E-state index >= 15 is 0 Å². The second-order valence-corrected chi connectivity index (χ2v) is 7.89. The van der Waals surface area contributed by atoms with Crippen molar-refractivity contribution in [3.05, 3.63) is 42.0 Å². The molecule has 0 aliphatic carbocycles. The molecule has 1 aromatic carbocycles. The van der Waals surface area contributed by atoms with Crippen molar-refractivity contribution in [1.29, 1.82) is 0 Å². The molecule has 0 spiro atoms. The van der Waals surface area contributed by atoms with Crippen molar-refractivity contribution in [3.8, 4) is 0 Å². The number of carbonyl (C=O) groups excluding carboxylic acids is 1. The van der Waals surface area contributed by atoms with Crippen LogP contribution in [0.25, 0.3) is 0 Å². The molecule has 1 saturated heterocycles. The normalized spacial score (nSPS) is 19.5. The lowest BCUT2D eigenvalue weighted by atomic mass is 10.2. The fourth-order valence-corrected chi connectivity index (χ4v) is 4.17. The lowest BCUT2D eigenvalue weighted by molar-refractivity contribution is -0.117. The minimum absolute atomic E-state index is 0.0415. The second-order valence-electron chi connectivity index (χ2n) is 7.89. The number of para-hydroxylation sites is 1. The van der Waals surface area contributed by atoms with Gasteiger partial charge in [0.15, 0.2) is 5.96 Å². The molecule has 0 bridgehead atoms. The number of hydrogen-bond acceptors (Lipinski definition) is 4. The minimum atomic E-state index is 0.0415. The van der Waals surface area contributed by atoms with E-state index in [1.165, 1.54) is 19.3 Å². The standard InChI is InChI=1S/C22H31N7O/c1-2-23-22(24-13-12-20-27-26-19-11-7-4-8-14-28(19)20)25-17-15-21(30)29(16-17)18-9-5-3-6-10-18/h3,5-6,9-10,17H,2,4,7-8,11-16H2,1H3,(H2,23,24,25). The number of aryl methyl sites for hydroxylation is 1. The highest BCUT2D eigenvalue weighted by atomic mass is 16.2. The van der Waals surface area contributed by atoms with Gasteiger partial charge < -0.3 is 20.1 Å². The molecule has 1 amide bonds. The number of hydrogen-bond donors (Lipinski definition) is 2. The smallest absolute Gasteiger partial charge is 0.229 e. The lowest BCUT2D eigenvalue weighted by Crippen LogP contribution is -2.44. The Morgan fingerprint density at radius 3 is 2.90 bits per heavy atom. The molecule has 2 aliphatic heterocycles. The Kier molecular flexibility index (Phi) is 6.61. The van der Waals surface area contributed by atoms with Gasteiger partial charge in [0.1, 0.15) is 11.6 Å². The van der Waals surface area contributed by atoms with Gasteiger partial charge >= 0.3 is 0 Å². The van der Waals surface area contributed by atoms with Crippen LogP contribution in [-0.4, -0.2) is 52.3 Å². The summed E-state index contributed by atoms with van der Waals surface area (Å²) in [6, 6.07) is 9.87. The summed E-state index contributed by atoms with van der Waals surface area (Å²) in [6.07, 6.45) is 5.91. The van der Waals surface area contributed by atoms with E-state index in [-0.39, 0.29) is 11.9 Å². The zero-order valence-electron chi connectivity index (χ0n) is 17.7. The zero-order chi connectivity index (χ0) is 20.8. The van der Waals surface area contributed by atoms with E-state index in [1.54, 1.807) is 0 Å². The van der Waals surface area contributed by atoms with Crippen molar-refractivity contribution in [2.24, 2.45) is 4.99 Å². The van der Waals surface area contributed by atoms with E-state index in [0.717, 1.165) is 49.2 Å². The van der Waals surface area contributed by atoms with Gasteiger partial charge in [0, 0.05) is 51.1 Å². The summed E-state index contributed by atoms with van der Waals surface area (Å²) in [5.41, 5.74) is 0.946. The summed E-state index contributed by atoms with van der Waals surface area (Å²) in [6.45, 7) is 5.11. The summed E-state index contributed by atoms with van der Waals surface area (Å²) < 4.78 is 2.27. The number of nitrogens with one attached hydrogen (secondary N) is 2. The third kappa shape index (κ3) is 4.80. The number of aromatic nitrogens is 3. The van der Waals surface area contributed by atoms with Gasteiger partial charge in [-0.15, -0.1) is 10.2 Å². The summed E-state index contributed by atoms with van der Waals surface area (Å²) >= 11 is 0. The predicted octanol–water partition coefficient (Wildman–Crippen LogP) is 1.91. The van der Waals surface area contributed by atoms with E-state index in [4.69, 9.17) is 4.99 Å². The Hall–Kier alpha value is -2.90. The zero-order valence-corrected chi connectivity index (χ0v) is 17.7. The van der Waals surface area contributed by atoms with E-state index in [0.29, 0.717) is 19.5 Å². The molecule has 2 aliphatic rings. The molecular weight excluding hydrogens is 378 g/mol. The Bertz CT molecular complexity index is 877. The number of fused-ring (bicyclic) bond motifs is 1. The number of aliphatic imine (C=N–C) groups is 1. The fourth-order valence-electron chi connectivity index (χ4n) is 4.17. The number of carbonyl (C=O) groups is 1. The third-order valence-corrected chi connectivity index (χ3v) is 5.67. The summed E-state index contributed by atoms with van der Waals surface area (Å²) in [7, 11) is 0. The van der Waals surface area contributed by atoms with Crippen LogP contribution < -0.4 is 15.5 Å². The maximum Gasteiger partial charge on any atom is 0.229 e. The first-order valence-corrected chi connectivity index (χ1v) is 11.1. The van der Waals surface area contributed by atoms with Crippen molar-refractivity contribution in [1.82, 2.24) is 25.4 Å². The van der Waals surface area contributed by atoms with E-state index < -0.39 is 0 Å². The number of nitrogens with zero attached hydrogens (tertiary/aromatic N) is 5. The SMILES string of the molecule is CCNC(=NCCc1nnc2n1CCCCC2)NC1CC(=O)N(c2ccccc2)C1. The molecule has 4 rings (SSSR count). The van der Waals surface area contributed by atoms with Crippen LogP contribution in [0.15, 0.2) is 35.3 Å². The van der Waals surface area contributed by atoms with Crippen LogP contribution >= 0.6 is 0 Å². The quantitative estimate of drug-likeness (QED) is 0.562. The summed E-state index contributed by atoms with van der Waals surface area (Å²) in [4.78, 5) is 19.0. The first kappa shape index (κ1) is 20.4. The Balaban J connectivity index is 1.35. The highest BCUT2D eigenvalue weighted by molar-refractivity contribution is 5.97. The number of guanidine groups is 1. The molecule has 1 fully saturated rings. The molecular formula is C22H31N7O. The van der Waals surface area contributed by atoms with Crippen LogP contribution in [0.2, 0.25) is 0 Å². The molecule has 30 heavy (non-hydrogen) atoms. The van der Waals surface area contributed by atoms with Crippen LogP contribution in [0, 0.1) is 0 Å². The first-order chi connectivity index (χ1) is 14.7. The Morgan fingerprint density at radius 2 is 2.07 bits per heavy atom. The molecule has 8 nitrogen and oxygen atoms in total. The third-order valence-electron chi connectivity index (χ3n) is 5.67. The molecule has 160 valence electrons. The van der Waals surface area contributed by atoms with Crippen molar-refractivity contribution < 1.29 is 4.79 Å². The molecule has 2 N–H and O–H groups in total. The van der Waals surface area contributed by atoms with Crippen molar-refractivity contribution >= 4 is 17.6 Å². The molecule has 0 saturated carbocycles. The maximum atomic E-state index is 12.5. The van der Waals surface area contributed by atoms with Crippen molar-refractivity contribution in [2.75, 3.05) is 24.5 Å². The first-order valence-electron chi connectivity index (χ1n) is 11.1. The number of amides is 1. The maximum absolute atomic E-state index is 12.5. The van der Waals surface area contributed by atoms with Gasteiger partial charge in [-0.3, -0.25) is 9.79 Å². The molecule has 3 heterocycles. The summed E-state index contributed by atoms with van der Waals surface area (Å²) in [5.74, 6) is 3.03. The molecule has 2 aromatic rings. The fraction of sp³-hybridized carbons (Fsp3) is 0.545. The minimum Gasteiger partial charge on any atom is -0.357 e. The monoisotopic (exact) mass is 409 g/mol. The van der Waals surface area contributed by atoms with Gasteiger partial charge in [0.05, 0.1) is 6.04 Å². The molecule has 1 unspecified atom stereocenters. The van der Waals surface area contributed by atoms with Gasteiger partial charge in [-0.05, 0) is 31.9 Å². The number of rotatable bonds is 6. The number of anilines is 1. The average molecular weight is 410 g/mol. The van der Waals surface area contributed by atoms with E-state index in [1.807, 2.05) is 42.2 Å². The lowest BCUT2D eigenvalue weighted by Gasteiger charge is -2.19. The van der Waals surface area contributed by atoms with Crippen LogP contribution in [0.1, 0.15) is 44.3 Å². The highest BCUT2D eigenvalue weighted by Gasteiger charge is 2.31. The topological polar surface area (TPSA) is 87.4 Å². The van der Waals surface area contributed by atoms with Crippen molar-refractivity contribution in [3.63, 3.8) is 0 Å². The van der Waals surface area contributed by atoms with Gasteiger partial charge in [0.2, 0.25) is 5.91 Å². The van der Waals surface area contributed by atoms with Crippen LogP contribution in [0.5, 0.6) is 0 Å². The highest BCUT2D eigenvalue weighted by Crippen LogP contribution is 2.21. The van der Waals surface area contributed by atoms with Gasteiger partial charge in [-0.25, -0.2) is 0 Å². The van der Waals surface area contributed by atoms with E-state index in [9.17, 15) is 4.79 Å². The van der Waals surface area contributed by atoms with E-state index in [2.05, 4.69) is 25.4 Å². The van der Waals surface area contributed by atoms with Crippen LogP contribution in [-0.2, 0) is 24.2 Å². The summed E-state index contributed by atoms with van der Waals surface area (Å²) in [5, 5.41) is 15.5. The second kappa shape index (κ2) is 9.73. The average Bonchev–Trinajstić information content (AvgIpc) is 3.22. The van der Waals surface area contributed by atoms with Gasteiger partial charge in [0.25, 0.3) is 0 Å². The largest absolute Gasteiger partial charge is 0.357 e. The molecule has 8 heteroatoms. The molecule has 1 aromatic heterocycles. The van der Waals surface area contributed by atoms with Gasteiger partial charge in [-0.1, -0.05) is 24.6 Å². The van der Waals surface area contributed by atoms with Crippen LogP contribution in [0.4, 0.5) is 5.69 Å². The van der Waals surface area contributed by atoms with Gasteiger partial charge in [-0.2, -0.15) is 0 Å². The number of benzene rings is 1. The Morgan fingerprint density at radius 1 is 1.20 bits per heavy atom. The molecule has 0 radical (unpaired) electrons. The Labute approximate surface area is 177 Å². The van der Waals surface area contributed by atoms with Crippen LogP contribution in [0.3, 0.4) is 0 Å². The predicted molar refractivity (Wildman–Crippen MR) is 118 cm³/mol.